The van der Waals surface area contributed by atoms with E-state index in [0.717, 1.165) is 35.5 Å². The van der Waals surface area contributed by atoms with Gasteiger partial charge in [-0.25, -0.2) is 4.98 Å². The van der Waals surface area contributed by atoms with Crippen molar-refractivity contribution in [1.82, 2.24) is 4.98 Å². The average Bonchev–Trinajstić information content (AvgIpc) is 3.22. The van der Waals surface area contributed by atoms with Crippen LogP contribution >= 0.6 is 11.3 Å². The third-order valence-electron chi connectivity index (χ3n) is 7.93. The SMILES string of the molecule is CC(=Cc1csc(C)n1)[C@@H]1C[C@@H]2O[C@]2(C)CCC[C@H](C)[C@@H](O)[C@H](C)C(=O)C(C)(C)[C@@H](O)CC(=O)O1. The summed E-state index contributed by atoms with van der Waals surface area (Å²) in [7, 11) is 0. The molecule has 0 amide bonds. The second-order valence-electron chi connectivity index (χ2n) is 11.3. The molecule has 0 unspecified atom stereocenters. The van der Waals surface area contributed by atoms with Crippen molar-refractivity contribution in [3.63, 3.8) is 0 Å². The highest BCUT2D eigenvalue weighted by molar-refractivity contribution is 7.09. The van der Waals surface area contributed by atoms with Crippen molar-refractivity contribution in [2.24, 2.45) is 17.3 Å². The summed E-state index contributed by atoms with van der Waals surface area (Å²) in [5, 5.41) is 24.6. The number of esters is 1. The number of epoxide rings is 1. The molecule has 2 aliphatic heterocycles. The number of aliphatic hydroxyl groups excluding tert-OH is 2. The van der Waals surface area contributed by atoms with Crippen molar-refractivity contribution in [3.05, 3.63) is 21.7 Å². The number of fused-ring (bicyclic) bond motifs is 1. The maximum absolute atomic E-state index is 13.2. The molecule has 196 valence electrons. The number of rotatable bonds is 2. The van der Waals surface area contributed by atoms with Gasteiger partial charge in [0.05, 0.1) is 46.5 Å². The maximum Gasteiger partial charge on any atom is 0.309 e. The standard InChI is InChI=1S/C27H41NO6S/c1-15-9-8-10-27(7)22(34-27)12-20(16(2)11-19-14-35-18(4)28-19)33-23(30)13-21(29)26(5,6)25(32)17(3)24(15)31/h11,14-15,17,20-22,24,29,31H,8-10,12-13H2,1-7H3/t15-,17-,20-,21-,22-,24+,27+/m0/s1. The molecule has 0 aromatic carbocycles. The number of thiazole rings is 1. The van der Waals surface area contributed by atoms with Crippen LogP contribution in [0.2, 0.25) is 0 Å². The van der Waals surface area contributed by atoms with E-state index >= 15 is 0 Å². The predicted molar refractivity (Wildman–Crippen MR) is 136 cm³/mol. The van der Waals surface area contributed by atoms with E-state index < -0.39 is 35.6 Å². The molecule has 2 saturated heterocycles. The van der Waals surface area contributed by atoms with E-state index in [1.165, 1.54) is 0 Å². The zero-order valence-electron chi connectivity index (χ0n) is 22.0. The van der Waals surface area contributed by atoms with Crippen molar-refractivity contribution in [1.29, 1.82) is 0 Å². The molecule has 2 fully saturated rings. The molecule has 1 aromatic heterocycles. The largest absolute Gasteiger partial charge is 0.458 e. The quantitative estimate of drug-likeness (QED) is 0.449. The second-order valence-corrected chi connectivity index (χ2v) is 12.3. The molecule has 3 rings (SSSR count). The molecule has 2 aliphatic rings. The highest BCUT2D eigenvalue weighted by atomic mass is 32.1. The number of hydrogen-bond acceptors (Lipinski definition) is 8. The number of nitrogens with zero attached hydrogens (tertiary/aromatic N) is 1. The Bertz CT molecular complexity index is 955. The molecule has 2 N–H and O–H groups in total. The Morgan fingerprint density at radius 3 is 2.54 bits per heavy atom. The molecular weight excluding hydrogens is 466 g/mol. The number of aliphatic hydroxyl groups is 2. The van der Waals surface area contributed by atoms with Crippen molar-refractivity contribution in [2.75, 3.05) is 0 Å². The first-order chi connectivity index (χ1) is 16.2. The number of carbonyl (C=O) groups is 2. The molecule has 7 atom stereocenters. The Morgan fingerprint density at radius 1 is 1.23 bits per heavy atom. The van der Waals surface area contributed by atoms with E-state index in [2.05, 4.69) is 11.9 Å². The molecule has 7 nitrogen and oxygen atoms in total. The second kappa shape index (κ2) is 10.8. The van der Waals surface area contributed by atoms with Crippen molar-refractivity contribution < 1.29 is 29.3 Å². The minimum atomic E-state index is -1.23. The Morgan fingerprint density at radius 2 is 1.91 bits per heavy atom. The number of hydrogen-bond donors (Lipinski definition) is 2. The highest BCUT2D eigenvalue weighted by Crippen LogP contribution is 2.45. The molecule has 0 aliphatic carbocycles. The van der Waals surface area contributed by atoms with Crippen LogP contribution in [0.3, 0.4) is 0 Å². The molecular formula is C27H41NO6S. The maximum atomic E-state index is 13.2. The van der Waals surface area contributed by atoms with E-state index in [4.69, 9.17) is 9.47 Å². The first-order valence-corrected chi connectivity index (χ1v) is 13.5. The van der Waals surface area contributed by atoms with Crippen LogP contribution in [0, 0.1) is 24.2 Å². The third-order valence-corrected chi connectivity index (χ3v) is 8.72. The molecule has 0 spiro atoms. The average molecular weight is 508 g/mol. The van der Waals surface area contributed by atoms with Gasteiger partial charge in [0.25, 0.3) is 0 Å². The van der Waals surface area contributed by atoms with E-state index in [1.807, 2.05) is 32.2 Å². The van der Waals surface area contributed by atoms with Gasteiger partial charge in [-0.1, -0.05) is 34.1 Å². The Hall–Kier alpha value is -1.61. The summed E-state index contributed by atoms with van der Waals surface area (Å²) < 4.78 is 11.9. The lowest BCUT2D eigenvalue weighted by atomic mass is 9.73. The van der Waals surface area contributed by atoms with E-state index in [9.17, 15) is 19.8 Å². The summed E-state index contributed by atoms with van der Waals surface area (Å²) in [5.74, 6) is -1.55. The van der Waals surface area contributed by atoms with E-state index in [1.54, 1.807) is 32.1 Å². The summed E-state index contributed by atoms with van der Waals surface area (Å²) in [4.78, 5) is 30.6. The fourth-order valence-electron chi connectivity index (χ4n) is 5.07. The molecule has 0 saturated carbocycles. The summed E-state index contributed by atoms with van der Waals surface area (Å²) in [6.07, 6.45) is 1.98. The van der Waals surface area contributed by atoms with Crippen LogP contribution in [0.25, 0.3) is 6.08 Å². The van der Waals surface area contributed by atoms with E-state index in [0.29, 0.717) is 6.42 Å². The first kappa shape index (κ1) is 28.0. The molecule has 1 aromatic rings. The summed E-state index contributed by atoms with van der Waals surface area (Å²) in [5.41, 5.74) is 0.179. The topological polar surface area (TPSA) is 109 Å². The lowest BCUT2D eigenvalue weighted by molar-refractivity contribution is -0.154. The number of carbonyl (C=O) groups excluding carboxylic acids is 2. The smallest absolute Gasteiger partial charge is 0.309 e. The number of aryl methyl sites for hydroxylation is 1. The lowest BCUT2D eigenvalue weighted by Gasteiger charge is -2.34. The summed E-state index contributed by atoms with van der Waals surface area (Å²) in [6.45, 7) is 12.8. The van der Waals surface area contributed by atoms with Gasteiger partial charge in [-0.15, -0.1) is 11.3 Å². The summed E-state index contributed by atoms with van der Waals surface area (Å²) >= 11 is 1.56. The van der Waals surface area contributed by atoms with Crippen LogP contribution in [0.5, 0.6) is 0 Å². The van der Waals surface area contributed by atoms with Crippen LogP contribution in [-0.2, 0) is 19.1 Å². The van der Waals surface area contributed by atoms with Crippen molar-refractivity contribution in [3.8, 4) is 0 Å². The zero-order valence-corrected chi connectivity index (χ0v) is 22.9. The monoisotopic (exact) mass is 507 g/mol. The molecule has 3 heterocycles. The number of Topliss-reactive ketones (excluding diaryl/α,β-unsaturated/α-hetero) is 1. The van der Waals surface area contributed by atoms with Crippen LogP contribution in [0.4, 0.5) is 0 Å². The van der Waals surface area contributed by atoms with Gasteiger partial charge in [0.15, 0.2) is 0 Å². The number of cyclic esters (lactones) is 1. The molecule has 0 radical (unpaired) electrons. The predicted octanol–water partition coefficient (Wildman–Crippen LogP) is 4.48. The van der Waals surface area contributed by atoms with Gasteiger partial charge in [0.2, 0.25) is 0 Å². The van der Waals surface area contributed by atoms with Gasteiger partial charge in [-0.3, -0.25) is 9.59 Å². The van der Waals surface area contributed by atoms with Crippen LogP contribution in [0.1, 0.15) is 84.3 Å². The highest BCUT2D eigenvalue weighted by Gasteiger charge is 2.53. The van der Waals surface area contributed by atoms with Crippen LogP contribution in [0.15, 0.2) is 11.0 Å². The number of aromatic nitrogens is 1. The normalized spacial score (nSPS) is 37.5. The number of ketones is 1. The first-order valence-electron chi connectivity index (χ1n) is 12.6. The number of ether oxygens (including phenoxy) is 2. The minimum Gasteiger partial charge on any atom is -0.458 e. The van der Waals surface area contributed by atoms with Crippen molar-refractivity contribution >= 4 is 29.2 Å². The van der Waals surface area contributed by atoms with Crippen LogP contribution in [-0.4, -0.2) is 57.0 Å². The fourth-order valence-corrected chi connectivity index (χ4v) is 5.64. The third kappa shape index (κ3) is 6.59. The van der Waals surface area contributed by atoms with Gasteiger partial charge in [0, 0.05) is 17.7 Å². The van der Waals surface area contributed by atoms with Gasteiger partial charge in [-0.2, -0.15) is 0 Å². The zero-order chi connectivity index (χ0) is 26.1. The van der Waals surface area contributed by atoms with Crippen molar-refractivity contribution in [2.45, 2.75) is 111 Å². The fraction of sp³-hybridized carbons (Fsp3) is 0.741. The lowest BCUT2D eigenvalue weighted by Crippen LogP contribution is -2.45. The van der Waals surface area contributed by atoms with Gasteiger partial charge in [-0.05, 0) is 51.2 Å². The van der Waals surface area contributed by atoms with Gasteiger partial charge in [0.1, 0.15) is 11.9 Å². The van der Waals surface area contributed by atoms with Gasteiger partial charge < -0.3 is 19.7 Å². The molecule has 0 bridgehead atoms. The van der Waals surface area contributed by atoms with Gasteiger partial charge >= 0.3 is 5.97 Å². The van der Waals surface area contributed by atoms with E-state index in [-0.39, 0.29) is 29.8 Å². The molecule has 8 heteroatoms. The Balaban J connectivity index is 1.85. The summed E-state index contributed by atoms with van der Waals surface area (Å²) in [6, 6.07) is 0. The minimum absolute atomic E-state index is 0.0455. The Kier molecular flexibility index (Phi) is 8.62. The Labute approximate surface area is 212 Å². The van der Waals surface area contributed by atoms with Crippen LogP contribution < -0.4 is 0 Å². The molecule has 35 heavy (non-hydrogen) atoms.